The Morgan fingerprint density at radius 1 is 1.67 bits per heavy atom. The highest BCUT2D eigenvalue weighted by Gasteiger charge is 2.13. The molecule has 4 nitrogen and oxygen atoms in total. The number of esters is 1. The average Bonchev–Trinajstić information content (AvgIpc) is 2.18. The molecule has 0 aliphatic rings. The normalized spacial score (nSPS) is 12.2. The zero-order valence-corrected chi connectivity index (χ0v) is 9.07. The summed E-state index contributed by atoms with van der Waals surface area (Å²) in [6.07, 6.45) is 0.470. The fourth-order valence-electron chi connectivity index (χ4n) is 1.08. The summed E-state index contributed by atoms with van der Waals surface area (Å²) < 4.78 is 4.71. The van der Waals surface area contributed by atoms with Crippen LogP contribution in [-0.4, -0.2) is 22.7 Å². The monoisotopic (exact) mass is 229 g/mol. The van der Waals surface area contributed by atoms with Crippen molar-refractivity contribution in [3.63, 3.8) is 0 Å². The Hall–Kier alpha value is -1.13. The fourth-order valence-corrected chi connectivity index (χ4v) is 1.19. The SMILES string of the molecule is CCOC(=O)C[C@H](O)c1ccc(Cl)nc1. The molecule has 0 aliphatic carbocycles. The van der Waals surface area contributed by atoms with Crippen LogP contribution in [0.5, 0.6) is 0 Å². The standard InChI is InChI=1S/C10H12ClNO3/c1-2-15-10(14)5-8(13)7-3-4-9(11)12-6-7/h3-4,6,8,13H,2,5H2,1H3/t8-/m0/s1. The second kappa shape index (κ2) is 5.68. The Labute approximate surface area is 92.8 Å². The van der Waals surface area contributed by atoms with E-state index < -0.39 is 12.1 Å². The van der Waals surface area contributed by atoms with E-state index in [1.54, 1.807) is 19.1 Å². The molecule has 1 aromatic rings. The molecular weight excluding hydrogens is 218 g/mol. The quantitative estimate of drug-likeness (QED) is 0.631. The van der Waals surface area contributed by atoms with Gasteiger partial charge in [-0.3, -0.25) is 4.79 Å². The van der Waals surface area contributed by atoms with E-state index in [0.717, 1.165) is 0 Å². The molecule has 5 heteroatoms. The predicted molar refractivity (Wildman–Crippen MR) is 55.5 cm³/mol. The van der Waals surface area contributed by atoms with Crippen molar-refractivity contribution in [2.24, 2.45) is 0 Å². The number of aromatic nitrogens is 1. The summed E-state index contributed by atoms with van der Waals surface area (Å²) in [5, 5.41) is 9.97. The number of halogens is 1. The highest BCUT2D eigenvalue weighted by Crippen LogP contribution is 2.17. The molecule has 0 saturated carbocycles. The second-order valence-corrected chi connectivity index (χ2v) is 3.33. The molecule has 0 bridgehead atoms. The van der Waals surface area contributed by atoms with Crippen molar-refractivity contribution >= 4 is 17.6 Å². The van der Waals surface area contributed by atoms with Gasteiger partial charge in [-0.05, 0) is 18.6 Å². The molecule has 82 valence electrons. The van der Waals surface area contributed by atoms with E-state index in [9.17, 15) is 9.90 Å². The van der Waals surface area contributed by atoms with Gasteiger partial charge in [-0.25, -0.2) is 4.98 Å². The van der Waals surface area contributed by atoms with Crippen LogP contribution >= 0.6 is 11.6 Å². The molecule has 1 rings (SSSR count). The molecule has 1 heterocycles. The number of ether oxygens (including phenoxy) is 1. The Morgan fingerprint density at radius 3 is 2.93 bits per heavy atom. The summed E-state index contributed by atoms with van der Waals surface area (Å²) in [5.74, 6) is -0.431. The number of hydrogen-bond acceptors (Lipinski definition) is 4. The number of aliphatic hydroxyl groups is 1. The third-order valence-corrected chi connectivity index (χ3v) is 2.02. The van der Waals surface area contributed by atoms with Crippen molar-refractivity contribution in [2.75, 3.05) is 6.61 Å². The molecule has 0 aliphatic heterocycles. The number of hydrogen-bond donors (Lipinski definition) is 1. The smallest absolute Gasteiger partial charge is 0.308 e. The fraction of sp³-hybridized carbons (Fsp3) is 0.400. The van der Waals surface area contributed by atoms with Crippen molar-refractivity contribution in [3.05, 3.63) is 29.0 Å². The maximum absolute atomic E-state index is 11.1. The minimum Gasteiger partial charge on any atom is -0.466 e. The van der Waals surface area contributed by atoms with Crippen LogP contribution in [-0.2, 0) is 9.53 Å². The van der Waals surface area contributed by atoms with Crippen molar-refractivity contribution in [1.82, 2.24) is 4.98 Å². The molecule has 1 N–H and O–H groups in total. The second-order valence-electron chi connectivity index (χ2n) is 2.94. The van der Waals surface area contributed by atoms with Gasteiger partial charge in [0.05, 0.1) is 19.1 Å². The minimum atomic E-state index is -0.895. The van der Waals surface area contributed by atoms with Crippen molar-refractivity contribution in [1.29, 1.82) is 0 Å². The lowest BCUT2D eigenvalue weighted by Crippen LogP contribution is -2.10. The van der Waals surface area contributed by atoms with Gasteiger partial charge in [0.15, 0.2) is 0 Å². The first kappa shape index (κ1) is 11.9. The Kier molecular flexibility index (Phi) is 4.52. The van der Waals surface area contributed by atoms with Crippen molar-refractivity contribution < 1.29 is 14.6 Å². The van der Waals surface area contributed by atoms with Crippen LogP contribution in [0.15, 0.2) is 18.3 Å². The Morgan fingerprint density at radius 2 is 2.40 bits per heavy atom. The number of aliphatic hydroxyl groups excluding tert-OH is 1. The molecule has 0 spiro atoms. The molecule has 0 saturated heterocycles. The van der Waals surface area contributed by atoms with Gasteiger partial charge in [0.25, 0.3) is 0 Å². The summed E-state index contributed by atoms with van der Waals surface area (Å²) in [6.45, 7) is 2.03. The van der Waals surface area contributed by atoms with E-state index in [2.05, 4.69) is 4.98 Å². The van der Waals surface area contributed by atoms with Gasteiger partial charge in [-0.2, -0.15) is 0 Å². The number of pyridine rings is 1. The summed E-state index contributed by atoms with van der Waals surface area (Å²) in [7, 11) is 0. The summed E-state index contributed by atoms with van der Waals surface area (Å²) in [4.78, 5) is 14.9. The van der Waals surface area contributed by atoms with E-state index in [4.69, 9.17) is 16.3 Å². The van der Waals surface area contributed by atoms with Gasteiger partial charge in [-0.1, -0.05) is 17.7 Å². The van der Waals surface area contributed by atoms with Crippen LogP contribution in [0, 0.1) is 0 Å². The lowest BCUT2D eigenvalue weighted by Gasteiger charge is -2.09. The number of carbonyl (C=O) groups excluding carboxylic acids is 1. The molecule has 0 radical (unpaired) electrons. The molecule has 0 aromatic carbocycles. The van der Waals surface area contributed by atoms with E-state index in [1.807, 2.05) is 0 Å². The molecule has 1 aromatic heterocycles. The van der Waals surface area contributed by atoms with E-state index in [0.29, 0.717) is 17.3 Å². The Balaban J connectivity index is 2.57. The third kappa shape index (κ3) is 3.85. The summed E-state index contributed by atoms with van der Waals surface area (Å²) >= 11 is 5.59. The van der Waals surface area contributed by atoms with Gasteiger partial charge in [0.2, 0.25) is 0 Å². The van der Waals surface area contributed by atoms with Crippen molar-refractivity contribution in [2.45, 2.75) is 19.4 Å². The largest absolute Gasteiger partial charge is 0.466 e. The highest BCUT2D eigenvalue weighted by molar-refractivity contribution is 6.29. The van der Waals surface area contributed by atoms with Crippen LogP contribution in [0.2, 0.25) is 5.15 Å². The first-order chi connectivity index (χ1) is 7.13. The van der Waals surface area contributed by atoms with Crippen LogP contribution in [0.3, 0.4) is 0 Å². The van der Waals surface area contributed by atoms with Crippen LogP contribution < -0.4 is 0 Å². The van der Waals surface area contributed by atoms with Gasteiger partial charge in [0, 0.05) is 6.20 Å². The average molecular weight is 230 g/mol. The van der Waals surface area contributed by atoms with E-state index >= 15 is 0 Å². The third-order valence-electron chi connectivity index (χ3n) is 1.80. The van der Waals surface area contributed by atoms with Gasteiger partial charge < -0.3 is 9.84 Å². The van der Waals surface area contributed by atoms with Crippen LogP contribution in [0.25, 0.3) is 0 Å². The molecule has 15 heavy (non-hydrogen) atoms. The topological polar surface area (TPSA) is 59.4 Å². The molecule has 0 unspecified atom stereocenters. The van der Waals surface area contributed by atoms with Crippen LogP contribution in [0.1, 0.15) is 25.0 Å². The first-order valence-corrected chi connectivity index (χ1v) is 4.96. The zero-order chi connectivity index (χ0) is 11.3. The summed E-state index contributed by atoms with van der Waals surface area (Å²) in [6, 6.07) is 3.19. The maximum Gasteiger partial charge on any atom is 0.308 e. The number of nitrogens with zero attached hydrogens (tertiary/aromatic N) is 1. The Bertz CT molecular complexity index is 326. The van der Waals surface area contributed by atoms with Gasteiger partial charge >= 0.3 is 5.97 Å². The van der Waals surface area contributed by atoms with E-state index in [-0.39, 0.29) is 6.42 Å². The van der Waals surface area contributed by atoms with Gasteiger partial charge in [-0.15, -0.1) is 0 Å². The minimum absolute atomic E-state index is 0.0723. The summed E-state index contributed by atoms with van der Waals surface area (Å²) in [5.41, 5.74) is 0.549. The van der Waals surface area contributed by atoms with Gasteiger partial charge in [0.1, 0.15) is 5.15 Å². The maximum atomic E-state index is 11.1. The number of carbonyl (C=O) groups is 1. The molecule has 1 atom stereocenters. The zero-order valence-electron chi connectivity index (χ0n) is 8.31. The lowest BCUT2D eigenvalue weighted by molar-refractivity contribution is -0.145. The lowest BCUT2D eigenvalue weighted by atomic mass is 10.1. The molecule has 0 fully saturated rings. The van der Waals surface area contributed by atoms with Crippen LogP contribution in [0.4, 0.5) is 0 Å². The number of rotatable bonds is 4. The highest BCUT2D eigenvalue weighted by atomic mass is 35.5. The van der Waals surface area contributed by atoms with Crippen molar-refractivity contribution in [3.8, 4) is 0 Å². The first-order valence-electron chi connectivity index (χ1n) is 4.58. The molecule has 0 amide bonds. The van der Waals surface area contributed by atoms with E-state index in [1.165, 1.54) is 6.20 Å². The predicted octanol–water partition coefficient (Wildman–Crippen LogP) is 1.72. The molecular formula is C10H12ClNO3.